The molecule has 0 rings (SSSR count). The fourth-order valence-electron chi connectivity index (χ4n) is 0.523. The van der Waals surface area contributed by atoms with Crippen LogP contribution < -0.4 is 0 Å². The van der Waals surface area contributed by atoms with Gasteiger partial charge in [-0.1, -0.05) is 6.92 Å². The van der Waals surface area contributed by atoms with Gasteiger partial charge in [0.15, 0.2) is 0 Å². The van der Waals surface area contributed by atoms with Crippen molar-refractivity contribution in [2.75, 3.05) is 6.61 Å². The number of hydrogen-bond donors (Lipinski definition) is 1. The second-order valence-electron chi connectivity index (χ2n) is 3.06. The first-order chi connectivity index (χ1) is 5.02. The van der Waals surface area contributed by atoms with Crippen LogP contribution in [0.3, 0.4) is 0 Å². The summed E-state index contributed by atoms with van der Waals surface area (Å²) in [6.45, 7) is 5.87. The zero-order valence-corrected chi connectivity index (χ0v) is 8.39. The molecule has 0 saturated carbocycles. The maximum absolute atomic E-state index is 10.9. The van der Waals surface area contributed by atoms with Gasteiger partial charge in [0.05, 0.1) is 13.0 Å². The van der Waals surface area contributed by atoms with Crippen LogP contribution in [0, 0.1) is 0 Å². The molecule has 4 heteroatoms. The highest BCUT2D eigenvalue weighted by Gasteiger charge is 2.23. The molecule has 0 bridgehead atoms. The lowest BCUT2D eigenvalue weighted by Gasteiger charge is -2.20. The fraction of sp³-hybridized carbons (Fsp3) is 0.857. The molecule has 11 heavy (non-hydrogen) atoms. The van der Waals surface area contributed by atoms with E-state index in [0.717, 1.165) is 6.04 Å². The molecule has 0 aliphatic heterocycles. The summed E-state index contributed by atoms with van der Waals surface area (Å²) in [5.74, 6) is -0.272. The van der Waals surface area contributed by atoms with E-state index in [1.165, 1.54) is 0 Å². The second kappa shape index (κ2) is 4.51. The molecule has 0 amide bonds. The second-order valence-corrected chi connectivity index (χ2v) is 7.49. The molecule has 0 spiro atoms. The molecule has 0 atom stereocenters. The maximum atomic E-state index is 10.9. The Kier molecular flexibility index (Phi) is 4.36. The Bertz CT molecular complexity index is 134. The minimum atomic E-state index is -1.74. The van der Waals surface area contributed by atoms with Crippen LogP contribution in [-0.2, 0) is 9.22 Å². The van der Waals surface area contributed by atoms with Crippen molar-refractivity contribution >= 4 is 14.3 Å². The van der Waals surface area contributed by atoms with E-state index in [2.05, 4.69) is 0 Å². The average molecular weight is 176 g/mol. The molecule has 0 aromatic rings. The van der Waals surface area contributed by atoms with E-state index < -0.39 is 8.32 Å². The van der Waals surface area contributed by atoms with Crippen molar-refractivity contribution in [1.29, 1.82) is 0 Å². The summed E-state index contributed by atoms with van der Waals surface area (Å²) in [6, 6.07) is 0.921. The van der Waals surface area contributed by atoms with Crippen LogP contribution in [0.1, 0.15) is 13.3 Å². The van der Waals surface area contributed by atoms with Gasteiger partial charge in [-0.2, -0.15) is 0 Å². The molecular weight excluding hydrogens is 160 g/mol. The van der Waals surface area contributed by atoms with Gasteiger partial charge in [0.25, 0.3) is 5.97 Å². The largest absolute Gasteiger partial charge is 0.520 e. The van der Waals surface area contributed by atoms with Crippen LogP contribution in [0.5, 0.6) is 0 Å². The first kappa shape index (κ1) is 10.6. The van der Waals surface area contributed by atoms with Crippen molar-refractivity contribution in [2.45, 2.75) is 32.5 Å². The van der Waals surface area contributed by atoms with E-state index in [0.29, 0.717) is 0 Å². The summed E-state index contributed by atoms with van der Waals surface area (Å²) in [7, 11) is -1.74. The molecule has 3 nitrogen and oxygen atoms in total. The van der Waals surface area contributed by atoms with E-state index in [1.54, 1.807) is 0 Å². The Hall–Kier alpha value is -0.353. The van der Waals surface area contributed by atoms with Crippen molar-refractivity contribution < 1.29 is 14.3 Å². The highest BCUT2D eigenvalue weighted by molar-refractivity contribution is 6.72. The van der Waals surface area contributed by atoms with Gasteiger partial charge in [-0.05, 0) is 19.1 Å². The Balaban J connectivity index is 3.74. The summed E-state index contributed by atoms with van der Waals surface area (Å²) in [5, 5.41) is 8.42. The van der Waals surface area contributed by atoms with Gasteiger partial charge < -0.3 is 9.53 Å². The Labute approximate surface area is 68.5 Å². The first-order valence-electron chi connectivity index (χ1n) is 3.84. The van der Waals surface area contributed by atoms with Crippen molar-refractivity contribution in [3.05, 3.63) is 0 Å². The molecule has 0 heterocycles. The normalized spacial score (nSPS) is 11.3. The first-order valence-corrected chi connectivity index (χ1v) is 6.96. The molecule has 66 valence electrons. The van der Waals surface area contributed by atoms with Gasteiger partial charge in [-0.3, -0.25) is 4.79 Å². The molecular formula is C7H16O3Si. The highest BCUT2D eigenvalue weighted by atomic mass is 28.4. The summed E-state index contributed by atoms with van der Waals surface area (Å²) in [5.41, 5.74) is 0. The fourth-order valence-corrected chi connectivity index (χ4v) is 1.39. The average Bonchev–Trinajstić information content (AvgIpc) is 1.87. The molecule has 0 fully saturated rings. The van der Waals surface area contributed by atoms with Crippen LogP contribution in [-0.4, -0.2) is 26.0 Å². The van der Waals surface area contributed by atoms with Crippen LogP contribution in [0.4, 0.5) is 0 Å². The van der Waals surface area contributed by atoms with Gasteiger partial charge in [0, 0.05) is 0 Å². The number of carbonyl (C=O) groups excluding carboxylic acids is 1. The third-order valence-corrected chi connectivity index (χ3v) is 4.04. The van der Waals surface area contributed by atoms with E-state index in [-0.39, 0.29) is 19.0 Å². The number of rotatable bonds is 4. The topological polar surface area (TPSA) is 46.5 Å². The molecule has 1 N–H and O–H groups in total. The Morgan fingerprint density at radius 2 is 2.09 bits per heavy atom. The predicted molar refractivity (Wildman–Crippen MR) is 45.8 cm³/mol. The lowest BCUT2D eigenvalue weighted by atomic mass is 10.5. The molecule has 0 aromatic carbocycles. The number of hydrogen-bond acceptors (Lipinski definition) is 3. The van der Waals surface area contributed by atoms with Crippen LogP contribution in [0.2, 0.25) is 19.1 Å². The lowest BCUT2D eigenvalue weighted by molar-refractivity contribution is -0.135. The Morgan fingerprint density at radius 3 is 2.45 bits per heavy atom. The summed E-state index contributed by atoms with van der Waals surface area (Å²) in [6.07, 6.45) is 0.121. The zero-order valence-electron chi connectivity index (χ0n) is 7.39. The lowest BCUT2D eigenvalue weighted by Crippen LogP contribution is -2.32. The van der Waals surface area contributed by atoms with Gasteiger partial charge in [0.2, 0.25) is 8.32 Å². The van der Waals surface area contributed by atoms with Gasteiger partial charge in [-0.15, -0.1) is 0 Å². The van der Waals surface area contributed by atoms with Crippen molar-refractivity contribution in [3.8, 4) is 0 Å². The van der Waals surface area contributed by atoms with E-state index in [1.807, 2.05) is 20.0 Å². The summed E-state index contributed by atoms with van der Waals surface area (Å²) >= 11 is 0. The number of carbonyl (C=O) groups is 1. The van der Waals surface area contributed by atoms with Crippen LogP contribution in [0.25, 0.3) is 0 Å². The van der Waals surface area contributed by atoms with Crippen LogP contribution in [0.15, 0.2) is 0 Å². The van der Waals surface area contributed by atoms with Crippen LogP contribution >= 0.6 is 0 Å². The third kappa shape index (κ3) is 4.98. The summed E-state index contributed by atoms with van der Waals surface area (Å²) in [4.78, 5) is 10.9. The van der Waals surface area contributed by atoms with E-state index >= 15 is 0 Å². The quantitative estimate of drug-likeness (QED) is 0.653. The Morgan fingerprint density at radius 1 is 1.55 bits per heavy atom. The van der Waals surface area contributed by atoms with Gasteiger partial charge in [0.1, 0.15) is 0 Å². The van der Waals surface area contributed by atoms with Gasteiger partial charge >= 0.3 is 0 Å². The molecule has 0 unspecified atom stereocenters. The summed E-state index contributed by atoms with van der Waals surface area (Å²) < 4.78 is 5.17. The molecule has 0 aliphatic rings. The number of aliphatic hydroxyl groups excluding tert-OH is 1. The highest BCUT2D eigenvalue weighted by Crippen LogP contribution is 2.10. The SMILES string of the molecule is CC[Si](C)(C)OC(=O)CCO. The minimum Gasteiger partial charge on any atom is -0.520 e. The van der Waals surface area contributed by atoms with Gasteiger partial charge in [-0.25, -0.2) is 0 Å². The van der Waals surface area contributed by atoms with E-state index in [9.17, 15) is 4.79 Å². The molecule has 0 saturated heterocycles. The molecule has 0 aromatic heterocycles. The zero-order chi connectivity index (χ0) is 8.91. The van der Waals surface area contributed by atoms with Crippen molar-refractivity contribution in [3.63, 3.8) is 0 Å². The van der Waals surface area contributed by atoms with Crippen molar-refractivity contribution in [2.24, 2.45) is 0 Å². The number of aliphatic hydroxyl groups is 1. The van der Waals surface area contributed by atoms with E-state index in [4.69, 9.17) is 9.53 Å². The predicted octanol–water partition coefficient (Wildman–Crippen LogP) is 1.14. The monoisotopic (exact) mass is 176 g/mol. The smallest absolute Gasteiger partial charge is 0.294 e. The standard InChI is InChI=1S/C7H16O3Si/c1-4-11(2,3)10-7(9)5-6-8/h8H,4-6H2,1-3H3. The minimum absolute atomic E-state index is 0.118. The molecule has 0 aliphatic carbocycles. The van der Waals surface area contributed by atoms with Crippen molar-refractivity contribution in [1.82, 2.24) is 0 Å². The molecule has 0 radical (unpaired) electrons. The maximum Gasteiger partial charge on any atom is 0.294 e. The third-order valence-electron chi connectivity index (χ3n) is 1.56.